The predicted octanol–water partition coefficient (Wildman–Crippen LogP) is 4.48. The Labute approximate surface area is 269 Å². The number of rotatable bonds is 12. The van der Waals surface area contributed by atoms with Crippen molar-refractivity contribution in [1.82, 2.24) is 24.3 Å². The number of nitrogens with one attached hydrogen (secondary N) is 1. The minimum atomic E-state index is -0.369. The number of hydrogen-bond acceptors (Lipinski definition) is 10. The number of aromatic nitrogens is 3. The SMILES string of the molecule is CCCCCNc1nc(N)nc2ccn(Cc3ccc(CN4CC5(C4)CN(C(=O)OCc4ccc(N)cc4)CCO5)cc3OC)c12. The Morgan fingerprint density at radius 2 is 1.83 bits per heavy atom. The van der Waals surface area contributed by atoms with Crippen LogP contribution in [0.3, 0.4) is 0 Å². The van der Waals surface area contributed by atoms with Crippen molar-refractivity contribution in [3.8, 4) is 5.75 Å². The Balaban J connectivity index is 1.05. The van der Waals surface area contributed by atoms with Crippen molar-refractivity contribution >= 4 is 34.6 Å². The summed E-state index contributed by atoms with van der Waals surface area (Å²) in [5.41, 5.74) is 16.9. The van der Waals surface area contributed by atoms with Crippen LogP contribution in [-0.4, -0.2) is 82.5 Å². The molecule has 6 rings (SSSR count). The minimum Gasteiger partial charge on any atom is -0.496 e. The monoisotopic (exact) mass is 628 g/mol. The number of nitrogen functional groups attached to an aromatic ring is 2. The predicted molar refractivity (Wildman–Crippen MR) is 179 cm³/mol. The van der Waals surface area contributed by atoms with Crippen LogP contribution >= 0.6 is 0 Å². The molecule has 4 aromatic rings. The lowest BCUT2D eigenvalue weighted by atomic mass is 9.91. The van der Waals surface area contributed by atoms with E-state index in [1.165, 1.54) is 0 Å². The van der Waals surface area contributed by atoms with Gasteiger partial charge in [0.15, 0.2) is 5.82 Å². The smallest absolute Gasteiger partial charge is 0.410 e. The summed E-state index contributed by atoms with van der Waals surface area (Å²) in [4.78, 5) is 25.9. The van der Waals surface area contributed by atoms with Gasteiger partial charge in [-0.15, -0.1) is 0 Å². The fourth-order valence-corrected chi connectivity index (χ4v) is 6.34. The number of nitrogens with two attached hydrogens (primary N) is 2. The highest BCUT2D eigenvalue weighted by Gasteiger charge is 2.48. The molecule has 2 aromatic heterocycles. The van der Waals surface area contributed by atoms with Gasteiger partial charge >= 0.3 is 6.09 Å². The minimum absolute atomic E-state index is 0.216. The second kappa shape index (κ2) is 13.8. The van der Waals surface area contributed by atoms with Crippen molar-refractivity contribution in [2.45, 2.75) is 51.5 Å². The van der Waals surface area contributed by atoms with E-state index in [4.69, 9.17) is 25.7 Å². The maximum atomic E-state index is 12.8. The maximum Gasteiger partial charge on any atom is 0.410 e. The summed E-state index contributed by atoms with van der Waals surface area (Å²) in [6, 6.07) is 15.7. The highest BCUT2D eigenvalue weighted by molar-refractivity contribution is 5.87. The van der Waals surface area contributed by atoms with Crippen LogP contribution in [0.25, 0.3) is 11.0 Å². The highest BCUT2D eigenvalue weighted by Crippen LogP contribution is 2.32. The van der Waals surface area contributed by atoms with E-state index in [-0.39, 0.29) is 24.2 Å². The van der Waals surface area contributed by atoms with Gasteiger partial charge < -0.3 is 40.5 Å². The molecule has 244 valence electrons. The third-order valence-corrected chi connectivity index (χ3v) is 8.67. The van der Waals surface area contributed by atoms with Crippen molar-refractivity contribution in [3.63, 3.8) is 0 Å². The summed E-state index contributed by atoms with van der Waals surface area (Å²) < 4.78 is 19.7. The standard InChI is InChI=1S/C34H44N8O4/c1-3-4-5-13-37-31-30-28(38-32(36)39-31)12-14-41(30)19-26-9-6-25(17-29(26)44-2)18-40-21-34(22-40)23-42(15-16-46-34)33(43)45-20-24-7-10-27(35)11-8-24/h6-12,14,17H,3-5,13,15-16,18-23,35H2,1-2H3,(H3,36,37,38,39). The topological polar surface area (TPSA) is 146 Å². The normalized spacial score (nSPS) is 16.0. The molecular weight excluding hydrogens is 584 g/mol. The number of benzene rings is 2. The van der Waals surface area contributed by atoms with Crippen molar-refractivity contribution in [2.75, 3.05) is 63.2 Å². The molecule has 0 radical (unpaired) electrons. The molecule has 0 aliphatic carbocycles. The molecule has 0 bridgehead atoms. The molecule has 2 aliphatic heterocycles. The highest BCUT2D eigenvalue weighted by atomic mass is 16.6. The van der Waals surface area contributed by atoms with E-state index in [9.17, 15) is 4.79 Å². The first kappa shape index (κ1) is 31.4. The molecule has 5 N–H and O–H groups in total. The van der Waals surface area contributed by atoms with Crippen LogP contribution < -0.4 is 21.5 Å². The molecule has 12 heteroatoms. The molecule has 1 amide bonds. The number of unbranched alkanes of at least 4 members (excludes halogenated alkanes) is 2. The number of methoxy groups -OCH3 is 1. The van der Waals surface area contributed by atoms with Gasteiger partial charge in [0, 0.05) is 50.2 Å². The lowest BCUT2D eigenvalue weighted by molar-refractivity contribution is -0.181. The summed E-state index contributed by atoms with van der Waals surface area (Å²) in [7, 11) is 1.70. The van der Waals surface area contributed by atoms with Gasteiger partial charge in [-0.2, -0.15) is 4.98 Å². The van der Waals surface area contributed by atoms with Gasteiger partial charge in [0.25, 0.3) is 0 Å². The number of hydrogen-bond donors (Lipinski definition) is 3. The molecule has 0 saturated carbocycles. The number of amides is 1. The van der Waals surface area contributed by atoms with Gasteiger partial charge in [-0.3, -0.25) is 4.90 Å². The van der Waals surface area contributed by atoms with E-state index in [0.717, 1.165) is 84.7 Å². The largest absolute Gasteiger partial charge is 0.496 e. The average Bonchev–Trinajstić information content (AvgIpc) is 3.44. The first-order valence-electron chi connectivity index (χ1n) is 16.0. The van der Waals surface area contributed by atoms with Gasteiger partial charge in [0.2, 0.25) is 5.95 Å². The van der Waals surface area contributed by atoms with E-state index in [0.29, 0.717) is 31.9 Å². The van der Waals surface area contributed by atoms with Gasteiger partial charge in [0.1, 0.15) is 23.5 Å². The zero-order valence-corrected chi connectivity index (χ0v) is 26.7. The number of likely N-dealkylation sites (tertiary alicyclic amines) is 1. The molecule has 2 aliphatic rings. The fourth-order valence-electron chi connectivity index (χ4n) is 6.34. The second-order valence-electron chi connectivity index (χ2n) is 12.3. The third-order valence-electron chi connectivity index (χ3n) is 8.67. The fraction of sp³-hybridized carbons (Fsp3) is 0.441. The summed E-state index contributed by atoms with van der Waals surface area (Å²) in [5.74, 6) is 1.84. The molecule has 4 heterocycles. The lowest BCUT2D eigenvalue weighted by Crippen LogP contribution is -2.70. The van der Waals surface area contributed by atoms with Crippen LogP contribution in [-0.2, 0) is 29.2 Å². The van der Waals surface area contributed by atoms with Crippen molar-refractivity contribution < 1.29 is 19.0 Å². The van der Waals surface area contributed by atoms with Crippen LogP contribution in [0, 0.1) is 0 Å². The number of carbonyl (C=O) groups excluding carboxylic acids is 1. The second-order valence-corrected chi connectivity index (χ2v) is 12.3. The van der Waals surface area contributed by atoms with Gasteiger partial charge in [0.05, 0.1) is 32.3 Å². The van der Waals surface area contributed by atoms with Crippen LogP contribution in [0.2, 0.25) is 0 Å². The Morgan fingerprint density at radius 1 is 1.02 bits per heavy atom. The number of carbonyl (C=O) groups is 1. The van der Waals surface area contributed by atoms with E-state index >= 15 is 0 Å². The number of ether oxygens (including phenoxy) is 3. The quantitative estimate of drug-likeness (QED) is 0.152. The molecular formula is C34H44N8O4. The molecule has 2 aromatic carbocycles. The molecule has 12 nitrogen and oxygen atoms in total. The summed E-state index contributed by atoms with van der Waals surface area (Å²) >= 11 is 0. The Kier molecular flexibility index (Phi) is 9.46. The summed E-state index contributed by atoms with van der Waals surface area (Å²) in [6.07, 6.45) is 5.08. The number of anilines is 3. The van der Waals surface area contributed by atoms with Crippen molar-refractivity contribution in [3.05, 3.63) is 71.4 Å². The number of fused-ring (bicyclic) bond motifs is 1. The Hall–Kier alpha value is -4.55. The zero-order valence-electron chi connectivity index (χ0n) is 26.7. The van der Waals surface area contributed by atoms with Crippen molar-refractivity contribution in [1.29, 1.82) is 0 Å². The Morgan fingerprint density at radius 3 is 2.61 bits per heavy atom. The van der Waals surface area contributed by atoms with E-state index in [1.807, 2.05) is 24.4 Å². The first-order valence-corrected chi connectivity index (χ1v) is 16.0. The number of nitrogens with zero attached hydrogens (tertiary/aromatic N) is 5. The Bertz CT molecular complexity index is 1650. The van der Waals surface area contributed by atoms with Crippen LogP contribution in [0.15, 0.2) is 54.7 Å². The van der Waals surface area contributed by atoms with Crippen LogP contribution in [0.4, 0.5) is 22.2 Å². The third kappa shape index (κ3) is 7.13. The first-order chi connectivity index (χ1) is 22.3. The van der Waals surface area contributed by atoms with E-state index in [1.54, 1.807) is 24.1 Å². The molecule has 0 atom stereocenters. The van der Waals surface area contributed by atoms with Crippen LogP contribution in [0.5, 0.6) is 5.75 Å². The van der Waals surface area contributed by atoms with Gasteiger partial charge in [-0.05, 0) is 41.8 Å². The maximum absolute atomic E-state index is 12.8. The molecule has 1 spiro atoms. The molecule has 2 saturated heterocycles. The summed E-state index contributed by atoms with van der Waals surface area (Å²) in [6.45, 7) is 7.62. The molecule has 2 fully saturated rings. The molecule has 0 unspecified atom stereocenters. The van der Waals surface area contributed by atoms with Crippen LogP contribution in [0.1, 0.15) is 42.9 Å². The number of morpholine rings is 1. The van der Waals surface area contributed by atoms with E-state index in [2.05, 4.69) is 49.9 Å². The van der Waals surface area contributed by atoms with Crippen molar-refractivity contribution in [2.24, 2.45) is 0 Å². The van der Waals surface area contributed by atoms with Gasteiger partial charge in [-0.25, -0.2) is 9.78 Å². The molecule has 46 heavy (non-hydrogen) atoms. The van der Waals surface area contributed by atoms with Gasteiger partial charge in [-0.1, -0.05) is 44.0 Å². The zero-order chi connectivity index (χ0) is 32.1. The lowest BCUT2D eigenvalue weighted by Gasteiger charge is -2.53. The van der Waals surface area contributed by atoms with E-state index < -0.39 is 0 Å². The average molecular weight is 629 g/mol. The summed E-state index contributed by atoms with van der Waals surface area (Å²) in [5, 5.41) is 3.46.